The second kappa shape index (κ2) is 12.2. The fourth-order valence-electron chi connectivity index (χ4n) is 6.37. The van der Waals surface area contributed by atoms with Gasteiger partial charge in [0, 0.05) is 27.5 Å². The van der Waals surface area contributed by atoms with Crippen molar-refractivity contribution in [1.82, 2.24) is 15.0 Å². The Labute approximate surface area is 284 Å². The van der Waals surface area contributed by atoms with Gasteiger partial charge in [0.05, 0.1) is 0 Å². The smallest absolute Gasteiger partial charge is 0.164 e. The summed E-state index contributed by atoms with van der Waals surface area (Å²) in [6.45, 7) is 0. The van der Waals surface area contributed by atoms with E-state index in [-0.39, 0.29) is 0 Å². The maximum absolute atomic E-state index is 6.32. The molecular weight excluding hydrogens is 599 g/mol. The van der Waals surface area contributed by atoms with Gasteiger partial charge in [-0.05, 0) is 63.7 Å². The van der Waals surface area contributed by atoms with Crippen molar-refractivity contribution in [2.24, 2.45) is 0 Å². The molecule has 9 aromatic rings. The van der Waals surface area contributed by atoms with Crippen molar-refractivity contribution >= 4 is 21.9 Å². The summed E-state index contributed by atoms with van der Waals surface area (Å²) in [5.41, 5.74) is 11.4. The Bertz CT molecular complexity index is 2560. The number of aromatic nitrogens is 3. The fraction of sp³-hybridized carbons (Fsp3) is 0. The number of rotatable bonds is 6. The number of hydrogen-bond acceptors (Lipinski definition) is 4. The number of fused-ring (bicyclic) bond motifs is 3. The molecule has 0 aliphatic carbocycles. The van der Waals surface area contributed by atoms with Crippen molar-refractivity contribution in [1.29, 1.82) is 0 Å². The summed E-state index contributed by atoms with van der Waals surface area (Å²) in [6.07, 6.45) is 0. The predicted molar refractivity (Wildman–Crippen MR) is 200 cm³/mol. The molecule has 0 unspecified atom stereocenters. The maximum Gasteiger partial charge on any atom is 0.164 e. The number of benzene rings is 7. The lowest BCUT2D eigenvalue weighted by molar-refractivity contribution is 0.669. The molecule has 0 saturated heterocycles. The minimum Gasteiger partial charge on any atom is -0.456 e. The minimum absolute atomic E-state index is 0.613. The summed E-state index contributed by atoms with van der Waals surface area (Å²) >= 11 is 0. The van der Waals surface area contributed by atoms with Crippen molar-refractivity contribution < 1.29 is 4.42 Å². The number of hydrogen-bond donors (Lipinski definition) is 0. The Hall–Kier alpha value is -6.65. The third-order valence-electron chi connectivity index (χ3n) is 8.97. The topological polar surface area (TPSA) is 51.8 Å². The molecule has 0 aliphatic rings. The second-order valence-electron chi connectivity index (χ2n) is 12.1. The van der Waals surface area contributed by atoms with Crippen LogP contribution >= 0.6 is 0 Å². The first-order chi connectivity index (χ1) is 24.2. The van der Waals surface area contributed by atoms with Crippen molar-refractivity contribution in [2.45, 2.75) is 0 Å². The highest BCUT2D eigenvalue weighted by Crippen LogP contribution is 2.35. The molecule has 0 spiro atoms. The lowest BCUT2D eigenvalue weighted by Crippen LogP contribution is -2.00. The molecule has 2 aromatic heterocycles. The van der Waals surface area contributed by atoms with E-state index in [4.69, 9.17) is 19.4 Å². The molecule has 230 valence electrons. The van der Waals surface area contributed by atoms with Gasteiger partial charge in [-0.1, -0.05) is 146 Å². The van der Waals surface area contributed by atoms with Gasteiger partial charge in [-0.3, -0.25) is 0 Å². The van der Waals surface area contributed by atoms with Crippen LogP contribution in [0.4, 0.5) is 0 Å². The van der Waals surface area contributed by atoms with E-state index in [0.717, 1.165) is 60.9 Å². The standard InChI is InChI=1S/C45H29N3O/c1-4-10-30(11-5-1)32-16-18-33(19-17-32)34-20-22-36(23-21-34)44-46-43(35-14-8-3-9-15-35)47-45(48-44)38-25-27-41-40(28-38)39-26-24-37(29-42(39)49-41)31-12-6-2-7-13-31/h1-29H. The molecule has 49 heavy (non-hydrogen) atoms. The average Bonchev–Trinajstić information content (AvgIpc) is 3.56. The SMILES string of the molecule is c1ccc(-c2ccc(-c3ccc(-c4nc(-c5ccccc5)nc(-c5ccc6oc7cc(-c8ccccc8)ccc7c6c5)n4)cc3)cc2)cc1. The van der Waals surface area contributed by atoms with E-state index in [1.807, 2.05) is 54.6 Å². The van der Waals surface area contributed by atoms with Gasteiger partial charge in [-0.25, -0.2) is 15.0 Å². The average molecular weight is 628 g/mol. The lowest BCUT2D eigenvalue weighted by Gasteiger charge is -2.09. The third kappa shape index (κ3) is 5.56. The molecule has 0 amide bonds. The van der Waals surface area contributed by atoms with Crippen LogP contribution < -0.4 is 0 Å². The fourth-order valence-corrected chi connectivity index (χ4v) is 6.37. The van der Waals surface area contributed by atoms with Crippen LogP contribution in [0, 0.1) is 0 Å². The van der Waals surface area contributed by atoms with Crippen LogP contribution in [0.15, 0.2) is 180 Å². The van der Waals surface area contributed by atoms with Crippen molar-refractivity contribution in [2.75, 3.05) is 0 Å². The summed E-state index contributed by atoms with van der Waals surface area (Å²) in [7, 11) is 0. The van der Waals surface area contributed by atoms with Crippen LogP contribution in [0.1, 0.15) is 0 Å². The Kier molecular flexibility index (Phi) is 7.10. The molecule has 9 rings (SSSR count). The van der Waals surface area contributed by atoms with Crippen LogP contribution in [-0.4, -0.2) is 15.0 Å². The van der Waals surface area contributed by atoms with E-state index < -0.39 is 0 Å². The first-order valence-electron chi connectivity index (χ1n) is 16.4. The highest BCUT2D eigenvalue weighted by Gasteiger charge is 2.15. The van der Waals surface area contributed by atoms with Crippen LogP contribution in [0.2, 0.25) is 0 Å². The van der Waals surface area contributed by atoms with E-state index >= 15 is 0 Å². The molecule has 0 N–H and O–H groups in total. The largest absolute Gasteiger partial charge is 0.456 e. The summed E-state index contributed by atoms with van der Waals surface area (Å²) in [5.74, 6) is 1.87. The molecule has 0 fully saturated rings. The molecule has 4 heteroatoms. The first kappa shape index (κ1) is 28.6. The zero-order valence-corrected chi connectivity index (χ0v) is 26.5. The molecule has 7 aromatic carbocycles. The van der Waals surface area contributed by atoms with E-state index in [1.54, 1.807) is 0 Å². The molecule has 2 heterocycles. The van der Waals surface area contributed by atoms with E-state index in [9.17, 15) is 0 Å². The summed E-state index contributed by atoms with van der Waals surface area (Å²) in [4.78, 5) is 14.9. The highest BCUT2D eigenvalue weighted by molar-refractivity contribution is 6.07. The lowest BCUT2D eigenvalue weighted by atomic mass is 9.99. The molecule has 0 aliphatic heterocycles. The Morgan fingerprint density at radius 1 is 0.265 bits per heavy atom. The van der Waals surface area contributed by atoms with Gasteiger partial charge in [0.15, 0.2) is 17.5 Å². The molecule has 0 bridgehead atoms. The number of furan rings is 1. The third-order valence-corrected chi connectivity index (χ3v) is 8.97. The van der Waals surface area contributed by atoms with Crippen LogP contribution in [0.25, 0.3) is 89.5 Å². The van der Waals surface area contributed by atoms with Crippen molar-refractivity contribution in [3.8, 4) is 67.5 Å². The van der Waals surface area contributed by atoms with Gasteiger partial charge in [-0.2, -0.15) is 0 Å². The van der Waals surface area contributed by atoms with E-state index in [2.05, 4.69) is 121 Å². The van der Waals surface area contributed by atoms with Gasteiger partial charge in [0.25, 0.3) is 0 Å². The first-order valence-corrected chi connectivity index (χ1v) is 16.4. The zero-order chi connectivity index (χ0) is 32.6. The van der Waals surface area contributed by atoms with Crippen LogP contribution in [0.3, 0.4) is 0 Å². The Morgan fingerprint density at radius 3 is 1.20 bits per heavy atom. The second-order valence-corrected chi connectivity index (χ2v) is 12.1. The van der Waals surface area contributed by atoms with E-state index in [1.165, 1.54) is 11.1 Å². The monoisotopic (exact) mass is 627 g/mol. The normalized spacial score (nSPS) is 11.3. The molecular formula is C45H29N3O. The molecule has 4 nitrogen and oxygen atoms in total. The number of nitrogens with zero attached hydrogens (tertiary/aromatic N) is 3. The molecule has 0 atom stereocenters. The maximum atomic E-state index is 6.32. The van der Waals surface area contributed by atoms with Gasteiger partial charge < -0.3 is 4.42 Å². The van der Waals surface area contributed by atoms with Crippen molar-refractivity contribution in [3.63, 3.8) is 0 Å². The van der Waals surface area contributed by atoms with Gasteiger partial charge in [0.2, 0.25) is 0 Å². The highest BCUT2D eigenvalue weighted by atomic mass is 16.3. The van der Waals surface area contributed by atoms with Gasteiger partial charge >= 0.3 is 0 Å². The van der Waals surface area contributed by atoms with E-state index in [0.29, 0.717) is 17.5 Å². The van der Waals surface area contributed by atoms with Gasteiger partial charge in [0.1, 0.15) is 11.2 Å². The summed E-state index contributed by atoms with van der Waals surface area (Å²) in [6, 6.07) is 60.5. The predicted octanol–water partition coefficient (Wildman–Crippen LogP) is 11.8. The summed E-state index contributed by atoms with van der Waals surface area (Å²) in [5, 5.41) is 2.08. The zero-order valence-electron chi connectivity index (χ0n) is 26.5. The molecule has 0 saturated carbocycles. The van der Waals surface area contributed by atoms with Gasteiger partial charge in [-0.15, -0.1) is 0 Å². The van der Waals surface area contributed by atoms with Crippen LogP contribution in [0.5, 0.6) is 0 Å². The van der Waals surface area contributed by atoms with Crippen LogP contribution in [-0.2, 0) is 0 Å². The Morgan fingerprint density at radius 2 is 0.653 bits per heavy atom. The Balaban J connectivity index is 1.09. The van der Waals surface area contributed by atoms with Crippen molar-refractivity contribution in [3.05, 3.63) is 176 Å². The molecule has 0 radical (unpaired) electrons. The quantitative estimate of drug-likeness (QED) is 0.184. The minimum atomic E-state index is 0.613. The summed E-state index contributed by atoms with van der Waals surface area (Å²) < 4.78 is 6.32.